The topological polar surface area (TPSA) is 82.3 Å². The number of aryl methyl sites for hydroxylation is 2. The van der Waals surface area contributed by atoms with Crippen molar-refractivity contribution in [1.29, 1.82) is 0 Å². The van der Waals surface area contributed by atoms with Crippen LogP contribution in [-0.2, 0) is 27.4 Å². The van der Waals surface area contributed by atoms with E-state index in [-0.39, 0.29) is 18.7 Å². The molecule has 0 unspecified atom stereocenters. The lowest BCUT2D eigenvalue weighted by molar-refractivity contribution is -0.147. The smallest absolute Gasteiger partial charge is 0.329 e. The Bertz CT molecular complexity index is 1130. The molecular formula is C21H21F2N3O4S. The average molecular weight is 449 g/mol. The van der Waals surface area contributed by atoms with Crippen molar-refractivity contribution in [2.75, 3.05) is 11.9 Å². The number of fused-ring (bicyclic) bond motifs is 1. The van der Waals surface area contributed by atoms with Gasteiger partial charge in [-0.2, -0.15) is 8.78 Å². The molecule has 1 N–H and O–H groups in total. The number of para-hydroxylation sites is 2. The molecule has 0 aliphatic rings. The molecule has 0 radical (unpaired) electrons. The fourth-order valence-electron chi connectivity index (χ4n) is 3.13. The van der Waals surface area contributed by atoms with Crippen LogP contribution >= 0.6 is 11.8 Å². The van der Waals surface area contributed by atoms with Gasteiger partial charge in [-0.1, -0.05) is 23.9 Å². The molecule has 0 fully saturated rings. The summed E-state index contributed by atoms with van der Waals surface area (Å²) in [4.78, 5) is 36.9. The van der Waals surface area contributed by atoms with Gasteiger partial charge in [0.15, 0.2) is 6.61 Å². The van der Waals surface area contributed by atoms with E-state index in [2.05, 4.69) is 5.32 Å². The van der Waals surface area contributed by atoms with E-state index < -0.39 is 24.2 Å². The van der Waals surface area contributed by atoms with Crippen LogP contribution in [0.5, 0.6) is 0 Å². The summed E-state index contributed by atoms with van der Waals surface area (Å²) in [7, 11) is 0. The lowest BCUT2D eigenvalue weighted by Crippen LogP contribution is -2.26. The number of amides is 1. The van der Waals surface area contributed by atoms with Crippen LogP contribution in [0.4, 0.5) is 14.5 Å². The summed E-state index contributed by atoms with van der Waals surface area (Å²) in [6.45, 7) is 2.03. The van der Waals surface area contributed by atoms with E-state index in [1.54, 1.807) is 4.57 Å². The summed E-state index contributed by atoms with van der Waals surface area (Å²) in [5, 5.41) is 2.52. The summed E-state index contributed by atoms with van der Waals surface area (Å²) < 4.78 is 32.8. The maximum absolute atomic E-state index is 12.6. The third-order valence-electron chi connectivity index (χ3n) is 4.51. The average Bonchev–Trinajstić information content (AvgIpc) is 3.02. The highest BCUT2D eigenvalue weighted by molar-refractivity contribution is 7.99. The number of thioether (sulfide) groups is 1. The number of nitrogens with one attached hydrogen (secondary N) is 1. The van der Waals surface area contributed by atoms with Gasteiger partial charge in [0.1, 0.15) is 0 Å². The fraction of sp³-hybridized carbons (Fsp3) is 0.286. The summed E-state index contributed by atoms with van der Waals surface area (Å²) in [6, 6.07) is 13.2. The molecule has 0 aliphatic carbocycles. The van der Waals surface area contributed by atoms with Crippen LogP contribution in [0.25, 0.3) is 11.0 Å². The normalized spacial score (nSPS) is 11.1. The van der Waals surface area contributed by atoms with Crippen molar-refractivity contribution >= 4 is 40.4 Å². The number of hydrogen-bond acceptors (Lipinski definition) is 5. The van der Waals surface area contributed by atoms with Crippen molar-refractivity contribution in [1.82, 2.24) is 9.13 Å². The molecule has 3 aromatic rings. The number of esters is 1. The third-order valence-corrected chi connectivity index (χ3v) is 5.23. The Hall–Kier alpha value is -3.14. The second-order valence-corrected chi connectivity index (χ2v) is 7.59. The van der Waals surface area contributed by atoms with E-state index in [1.807, 2.05) is 31.2 Å². The van der Waals surface area contributed by atoms with E-state index >= 15 is 0 Å². The van der Waals surface area contributed by atoms with Crippen LogP contribution < -0.4 is 11.0 Å². The van der Waals surface area contributed by atoms with Crippen LogP contribution in [0.15, 0.2) is 58.2 Å². The second-order valence-electron chi connectivity index (χ2n) is 6.53. The molecule has 1 heterocycles. The van der Waals surface area contributed by atoms with Crippen molar-refractivity contribution in [2.24, 2.45) is 0 Å². The van der Waals surface area contributed by atoms with Crippen molar-refractivity contribution in [3.63, 3.8) is 0 Å². The first kappa shape index (κ1) is 22.5. The molecule has 7 nitrogen and oxygen atoms in total. The Morgan fingerprint density at radius 3 is 2.32 bits per heavy atom. The number of rotatable bonds is 9. The quantitative estimate of drug-likeness (QED) is 0.398. The molecule has 0 saturated heterocycles. The van der Waals surface area contributed by atoms with Gasteiger partial charge in [0.05, 0.1) is 17.5 Å². The lowest BCUT2D eigenvalue weighted by atomic mass is 10.3. The van der Waals surface area contributed by atoms with Crippen molar-refractivity contribution < 1.29 is 23.1 Å². The molecule has 2 aromatic carbocycles. The molecule has 3 rings (SSSR count). The monoisotopic (exact) mass is 449 g/mol. The van der Waals surface area contributed by atoms with Crippen LogP contribution in [-0.4, -0.2) is 33.4 Å². The van der Waals surface area contributed by atoms with Gasteiger partial charge < -0.3 is 10.1 Å². The zero-order chi connectivity index (χ0) is 22.4. The zero-order valence-corrected chi connectivity index (χ0v) is 17.5. The first-order valence-electron chi connectivity index (χ1n) is 9.57. The van der Waals surface area contributed by atoms with Gasteiger partial charge in [-0.05, 0) is 43.3 Å². The van der Waals surface area contributed by atoms with Crippen molar-refractivity contribution in [3.8, 4) is 0 Å². The zero-order valence-electron chi connectivity index (χ0n) is 16.7. The number of hydrogen-bond donors (Lipinski definition) is 1. The molecule has 0 atom stereocenters. The summed E-state index contributed by atoms with van der Waals surface area (Å²) in [6.07, 6.45) is -0.0650. The first-order chi connectivity index (χ1) is 14.9. The van der Waals surface area contributed by atoms with E-state index in [0.717, 1.165) is 11.0 Å². The van der Waals surface area contributed by atoms with Crippen LogP contribution in [0.3, 0.4) is 0 Å². The summed E-state index contributed by atoms with van der Waals surface area (Å²) >= 11 is 0.407. The van der Waals surface area contributed by atoms with Crippen LogP contribution in [0.2, 0.25) is 0 Å². The molecule has 0 aliphatic heterocycles. The summed E-state index contributed by atoms with van der Waals surface area (Å²) in [5.41, 5.74) is 1.72. The van der Waals surface area contributed by atoms with Gasteiger partial charge in [-0.15, -0.1) is 0 Å². The van der Waals surface area contributed by atoms with E-state index in [1.165, 1.54) is 28.8 Å². The number of carbonyl (C=O) groups is 2. The van der Waals surface area contributed by atoms with E-state index in [9.17, 15) is 23.2 Å². The van der Waals surface area contributed by atoms with Gasteiger partial charge in [0.25, 0.3) is 11.7 Å². The maximum Gasteiger partial charge on any atom is 0.329 e. The molecule has 10 heteroatoms. The van der Waals surface area contributed by atoms with Gasteiger partial charge >= 0.3 is 11.7 Å². The number of halogens is 2. The molecule has 0 bridgehead atoms. The SMILES string of the molecule is CCn1c(=O)n(CCC(=O)OCC(=O)Nc2ccc(SC(F)F)cc2)c2ccccc21. The number of anilines is 1. The second kappa shape index (κ2) is 10.3. The number of aromatic nitrogens is 2. The molecule has 0 spiro atoms. The highest BCUT2D eigenvalue weighted by Crippen LogP contribution is 2.26. The fourth-order valence-corrected chi connectivity index (χ4v) is 3.63. The molecule has 1 aromatic heterocycles. The Balaban J connectivity index is 1.51. The third kappa shape index (κ3) is 5.72. The van der Waals surface area contributed by atoms with E-state index in [0.29, 0.717) is 28.9 Å². The van der Waals surface area contributed by atoms with Crippen LogP contribution in [0, 0.1) is 0 Å². The Kier molecular flexibility index (Phi) is 7.45. The van der Waals surface area contributed by atoms with Gasteiger partial charge in [-0.25, -0.2) is 4.79 Å². The number of carbonyl (C=O) groups excluding carboxylic acids is 2. The predicted molar refractivity (Wildman–Crippen MR) is 114 cm³/mol. The molecule has 31 heavy (non-hydrogen) atoms. The summed E-state index contributed by atoms with van der Waals surface area (Å²) in [5.74, 6) is -3.68. The molecular weight excluding hydrogens is 428 g/mol. The first-order valence-corrected chi connectivity index (χ1v) is 10.5. The van der Waals surface area contributed by atoms with Crippen molar-refractivity contribution in [3.05, 3.63) is 59.0 Å². The molecule has 164 valence electrons. The number of alkyl halides is 2. The molecule has 1 amide bonds. The Morgan fingerprint density at radius 1 is 1.06 bits per heavy atom. The number of nitrogens with zero attached hydrogens (tertiary/aromatic N) is 2. The highest BCUT2D eigenvalue weighted by Gasteiger charge is 2.14. The van der Waals surface area contributed by atoms with Crippen LogP contribution in [0.1, 0.15) is 13.3 Å². The lowest BCUT2D eigenvalue weighted by Gasteiger charge is -2.08. The molecule has 0 saturated carbocycles. The predicted octanol–water partition coefficient (Wildman–Crippen LogP) is 3.71. The number of imidazole rings is 1. The largest absolute Gasteiger partial charge is 0.456 e. The van der Waals surface area contributed by atoms with Gasteiger partial charge in [-0.3, -0.25) is 18.7 Å². The van der Waals surface area contributed by atoms with E-state index in [4.69, 9.17) is 4.74 Å². The number of ether oxygens (including phenoxy) is 1. The maximum atomic E-state index is 12.6. The minimum Gasteiger partial charge on any atom is -0.456 e. The standard InChI is InChI=1S/C21H21F2N3O4S/c1-2-25-16-5-3-4-6-17(16)26(21(25)29)12-11-19(28)30-13-18(27)24-14-7-9-15(10-8-14)31-20(22)23/h3-10,20H,2,11-13H2,1H3,(H,24,27). The highest BCUT2D eigenvalue weighted by atomic mass is 32.2. The Morgan fingerprint density at radius 2 is 1.71 bits per heavy atom. The minimum absolute atomic E-state index is 0.0650. The van der Waals surface area contributed by atoms with Crippen molar-refractivity contribution in [2.45, 2.75) is 37.1 Å². The minimum atomic E-state index is -2.52. The van der Waals surface area contributed by atoms with Gasteiger partial charge in [0, 0.05) is 23.7 Å². The van der Waals surface area contributed by atoms with Gasteiger partial charge in [0.2, 0.25) is 0 Å². The Labute approximate surface area is 181 Å². The number of benzene rings is 2.